The van der Waals surface area contributed by atoms with Gasteiger partial charge in [0.1, 0.15) is 5.82 Å². The van der Waals surface area contributed by atoms with E-state index in [1.807, 2.05) is 0 Å². The summed E-state index contributed by atoms with van der Waals surface area (Å²) in [5, 5.41) is 0. The number of nitrogens with zero attached hydrogens (tertiary/aromatic N) is 1. The van der Waals surface area contributed by atoms with Crippen LogP contribution in [-0.2, 0) is 4.74 Å². The van der Waals surface area contributed by atoms with Gasteiger partial charge in [0.2, 0.25) is 0 Å². The Morgan fingerprint density at radius 3 is 2.65 bits per heavy atom. The van der Waals surface area contributed by atoms with E-state index in [0.717, 1.165) is 25.1 Å². The van der Waals surface area contributed by atoms with Crippen molar-refractivity contribution in [3.63, 3.8) is 0 Å². The van der Waals surface area contributed by atoms with Crippen LogP contribution < -0.4 is 5.73 Å². The van der Waals surface area contributed by atoms with Crippen LogP contribution in [0.1, 0.15) is 38.8 Å². The van der Waals surface area contributed by atoms with Gasteiger partial charge >= 0.3 is 0 Å². The van der Waals surface area contributed by atoms with Crippen molar-refractivity contribution in [2.75, 3.05) is 13.2 Å². The molecule has 4 atom stereocenters. The molecule has 0 bridgehead atoms. The van der Waals surface area contributed by atoms with Crippen LogP contribution in [0.3, 0.4) is 0 Å². The van der Waals surface area contributed by atoms with Gasteiger partial charge in [-0.25, -0.2) is 4.39 Å². The van der Waals surface area contributed by atoms with Crippen molar-refractivity contribution in [3.8, 4) is 0 Å². The van der Waals surface area contributed by atoms with Crippen molar-refractivity contribution in [2.45, 2.75) is 51.4 Å². The lowest BCUT2D eigenvalue weighted by Gasteiger charge is -2.43. The largest absolute Gasteiger partial charge is 0.376 e. The molecule has 1 saturated heterocycles. The van der Waals surface area contributed by atoms with Crippen molar-refractivity contribution < 1.29 is 9.13 Å². The topological polar surface area (TPSA) is 38.5 Å². The number of hydrogen-bond donors (Lipinski definition) is 1. The molecule has 2 N–H and O–H groups in total. The Balaban J connectivity index is 2.11. The minimum absolute atomic E-state index is 0.116. The molecule has 3 nitrogen and oxygen atoms in total. The van der Waals surface area contributed by atoms with Crippen molar-refractivity contribution in [1.82, 2.24) is 4.90 Å². The second-order valence-electron chi connectivity index (χ2n) is 5.72. The smallest absolute Gasteiger partial charge is 0.123 e. The molecule has 2 rings (SSSR count). The summed E-state index contributed by atoms with van der Waals surface area (Å²) in [6, 6.07) is 7.00. The summed E-state index contributed by atoms with van der Waals surface area (Å²) in [6.07, 6.45) is 1.29. The monoisotopic (exact) mass is 280 g/mol. The Labute approximate surface area is 120 Å². The van der Waals surface area contributed by atoms with Gasteiger partial charge in [-0.05, 0) is 38.0 Å². The van der Waals surface area contributed by atoms with E-state index in [9.17, 15) is 4.39 Å². The number of hydrogen-bond acceptors (Lipinski definition) is 3. The third kappa shape index (κ3) is 3.37. The van der Waals surface area contributed by atoms with Gasteiger partial charge in [-0.2, -0.15) is 0 Å². The first-order valence-electron chi connectivity index (χ1n) is 7.41. The van der Waals surface area contributed by atoms with Crippen LogP contribution in [0.2, 0.25) is 0 Å². The third-order valence-corrected chi connectivity index (χ3v) is 4.28. The summed E-state index contributed by atoms with van der Waals surface area (Å²) in [7, 11) is 0. The molecule has 112 valence electrons. The van der Waals surface area contributed by atoms with Gasteiger partial charge in [0.15, 0.2) is 0 Å². The Morgan fingerprint density at radius 2 is 2.05 bits per heavy atom. The highest BCUT2D eigenvalue weighted by Gasteiger charge is 2.32. The summed E-state index contributed by atoms with van der Waals surface area (Å²) in [6.45, 7) is 8.07. The molecule has 0 saturated carbocycles. The van der Waals surface area contributed by atoms with E-state index in [-0.39, 0.29) is 24.0 Å². The second-order valence-corrected chi connectivity index (χ2v) is 5.72. The van der Waals surface area contributed by atoms with Gasteiger partial charge in [-0.15, -0.1) is 0 Å². The predicted octanol–water partition coefficient (Wildman–Crippen LogP) is 2.71. The maximum Gasteiger partial charge on any atom is 0.123 e. The molecule has 1 fully saturated rings. The van der Waals surface area contributed by atoms with E-state index in [1.54, 1.807) is 12.1 Å². The number of halogens is 1. The average molecular weight is 280 g/mol. The van der Waals surface area contributed by atoms with Crippen LogP contribution in [0.15, 0.2) is 24.3 Å². The summed E-state index contributed by atoms with van der Waals surface area (Å²) in [5.41, 5.74) is 7.36. The third-order valence-electron chi connectivity index (χ3n) is 4.28. The molecular formula is C16H25FN2O. The van der Waals surface area contributed by atoms with Gasteiger partial charge in [-0.3, -0.25) is 4.90 Å². The number of rotatable bonds is 4. The molecule has 1 aromatic rings. The minimum atomic E-state index is -0.222. The number of morpholine rings is 1. The van der Waals surface area contributed by atoms with Crippen LogP contribution in [0.25, 0.3) is 0 Å². The zero-order valence-electron chi connectivity index (χ0n) is 12.6. The highest BCUT2D eigenvalue weighted by atomic mass is 19.1. The van der Waals surface area contributed by atoms with Gasteiger partial charge in [0.05, 0.1) is 12.7 Å². The fourth-order valence-corrected chi connectivity index (χ4v) is 2.89. The number of benzene rings is 1. The van der Waals surface area contributed by atoms with Crippen LogP contribution in [0.5, 0.6) is 0 Å². The highest BCUT2D eigenvalue weighted by Crippen LogP contribution is 2.25. The molecule has 1 heterocycles. The number of ether oxygens (including phenoxy) is 1. The molecule has 4 heteroatoms. The normalized spacial score (nSPS) is 27.2. The molecule has 0 aliphatic carbocycles. The summed E-state index contributed by atoms with van der Waals surface area (Å²) in [4.78, 5) is 2.43. The van der Waals surface area contributed by atoms with Crippen LogP contribution in [0.4, 0.5) is 4.39 Å². The van der Waals surface area contributed by atoms with Crippen LogP contribution >= 0.6 is 0 Å². The first kappa shape index (κ1) is 15.4. The van der Waals surface area contributed by atoms with Crippen molar-refractivity contribution in [2.24, 2.45) is 5.73 Å². The molecule has 20 heavy (non-hydrogen) atoms. The van der Waals surface area contributed by atoms with Gasteiger partial charge in [0, 0.05) is 24.7 Å². The Hall–Kier alpha value is -0.970. The maximum atomic E-state index is 13.0. The Morgan fingerprint density at radius 1 is 1.40 bits per heavy atom. The van der Waals surface area contributed by atoms with E-state index in [4.69, 9.17) is 10.5 Å². The maximum absolute atomic E-state index is 13.0. The SMILES string of the molecule is CCC1COC(C)CN1C(C)C(N)c1ccc(F)cc1. The quantitative estimate of drug-likeness (QED) is 0.921. The average Bonchev–Trinajstić information content (AvgIpc) is 2.46. The van der Waals surface area contributed by atoms with E-state index in [2.05, 4.69) is 25.7 Å². The Bertz CT molecular complexity index is 423. The molecule has 1 aliphatic rings. The zero-order valence-corrected chi connectivity index (χ0v) is 12.6. The summed E-state index contributed by atoms with van der Waals surface area (Å²) in [5.74, 6) is -0.222. The predicted molar refractivity (Wildman–Crippen MR) is 79.0 cm³/mol. The van der Waals surface area contributed by atoms with Crippen LogP contribution in [0, 0.1) is 5.82 Å². The molecule has 0 amide bonds. The molecule has 4 unspecified atom stereocenters. The van der Waals surface area contributed by atoms with Gasteiger partial charge in [-0.1, -0.05) is 19.1 Å². The zero-order chi connectivity index (χ0) is 14.7. The molecular weight excluding hydrogens is 255 g/mol. The fraction of sp³-hybridized carbons (Fsp3) is 0.625. The first-order chi connectivity index (χ1) is 9.52. The molecule has 0 spiro atoms. The molecule has 0 aromatic heterocycles. The van der Waals surface area contributed by atoms with E-state index in [1.165, 1.54) is 12.1 Å². The molecule has 1 aliphatic heterocycles. The van der Waals surface area contributed by atoms with Crippen molar-refractivity contribution >= 4 is 0 Å². The van der Waals surface area contributed by atoms with Gasteiger partial charge < -0.3 is 10.5 Å². The highest BCUT2D eigenvalue weighted by molar-refractivity contribution is 5.21. The van der Waals surface area contributed by atoms with Crippen LogP contribution in [-0.4, -0.2) is 36.2 Å². The lowest BCUT2D eigenvalue weighted by atomic mass is 9.97. The first-order valence-corrected chi connectivity index (χ1v) is 7.41. The van der Waals surface area contributed by atoms with Crippen molar-refractivity contribution in [1.29, 1.82) is 0 Å². The lowest BCUT2D eigenvalue weighted by molar-refractivity contribution is -0.0733. The number of nitrogens with two attached hydrogens (primary N) is 1. The minimum Gasteiger partial charge on any atom is -0.376 e. The summed E-state index contributed by atoms with van der Waals surface area (Å²) < 4.78 is 18.7. The molecule has 1 aromatic carbocycles. The Kier molecular flexibility index (Phi) is 5.13. The summed E-state index contributed by atoms with van der Waals surface area (Å²) >= 11 is 0. The van der Waals surface area contributed by atoms with E-state index >= 15 is 0 Å². The second kappa shape index (κ2) is 6.66. The van der Waals surface area contributed by atoms with Crippen molar-refractivity contribution in [3.05, 3.63) is 35.6 Å². The van der Waals surface area contributed by atoms with E-state index in [0.29, 0.717) is 6.04 Å². The fourth-order valence-electron chi connectivity index (χ4n) is 2.89. The van der Waals surface area contributed by atoms with Gasteiger partial charge in [0.25, 0.3) is 0 Å². The van der Waals surface area contributed by atoms with E-state index < -0.39 is 0 Å². The molecule has 0 radical (unpaired) electrons. The standard InChI is InChI=1S/C16H25FN2O/c1-4-15-10-20-11(2)9-19(15)12(3)16(18)13-5-7-14(17)8-6-13/h5-8,11-12,15-16H,4,9-10,18H2,1-3H3. The lowest BCUT2D eigenvalue weighted by Crippen LogP contribution is -2.54.